The van der Waals surface area contributed by atoms with Gasteiger partial charge in [-0.1, -0.05) is 36.2 Å². The maximum Gasteiger partial charge on any atom is 0.0811 e. The van der Waals surface area contributed by atoms with Crippen LogP contribution < -0.4 is 5.73 Å². The predicted molar refractivity (Wildman–Crippen MR) is 75.5 cm³/mol. The van der Waals surface area contributed by atoms with E-state index in [1.165, 1.54) is 23.1 Å². The number of hydrogen-bond acceptors (Lipinski definition) is 2. The molecule has 1 aromatic carbocycles. The van der Waals surface area contributed by atoms with Crippen molar-refractivity contribution in [1.29, 1.82) is 0 Å². The van der Waals surface area contributed by atoms with E-state index in [9.17, 15) is 0 Å². The van der Waals surface area contributed by atoms with Crippen molar-refractivity contribution in [3.8, 4) is 0 Å². The van der Waals surface area contributed by atoms with Crippen LogP contribution in [0.5, 0.6) is 0 Å². The molecular weight excluding hydrogens is 222 g/mol. The first-order valence-corrected chi connectivity index (χ1v) is 6.94. The van der Waals surface area contributed by atoms with Crippen molar-refractivity contribution in [2.75, 3.05) is 6.54 Å². The Morgan fingerprint density at radius 2 is 1.94 bits per heavy atom. The molecule has 0 saturated heterocycles. The second-order valence-corrected chi connectivity index (χ2v) is 6.02. The summed E-state index contributed by atoms with van der Waals surface area (Å²) in [6.45, 7) is 7.88. The topological polar surface area (TPSA) is 35.2 Å². The van der Waals surface area contributed by atoms with Crippen molar-refractivity contribution in [2.24, 2.45) is 11.7 Å². The van der Waals surface area contributed by atoms with Crippen LogP contribution in [0.1, 0.15) is 42.9 Å². The van der Waals surface area contributed by atoms with Crippen LogP contribution in [0.4, 0.5) is 0 Å². The number of hydrogen-bond donors (Lipinski definition) is 1. The van der Waals surface area contributed by atoms with E-state index in [0.29, 0.717) is 13.2 Å². The van der Waals surface area contributed by atoms with Gasteiger partial charge in [-0.2, -0.15) is 0 Å². The van der Waals surface area contributed by atoms with E-state index in [1.54, 1.807) is 0 Å². The molecule has 1 saturated carbocycles. The summed E-state index contributed by atoms with van der Waals surface area (Å²) in [5, 5.41) is 0. The summed E-state index contributed by atoms with van der Waals surface area (Å²) in [7, 11) is 0. The van der Waals surface area contributed by atoms with Crippen molar-refractivity contribution in [1.82, 2.24) is 0 Å². The molecule has 2 rings (SSSR count). The van der Waals surface area contributed by atoms with Gasteiger partial charge in [0.05, 0.1) is 12.2 Å². The molecule has 2 nitrogen and oxygen atoms in total. The van der Waals surface area contributed by atoms with Crippen LogP contribution in [0.15, 0.2) is 18.2 Å². The van der Waals surface area contributed by atoms with Crippen LogP contribution in [-0.4, -0.2) is 12.1 Å². The molecule has 18 heavy (non-hydrogen) atoms. The highest BCUT2D eigenvalue weighted by molar-refractivity contribution is 5.28. The number of nitrogens with two attached hydrogens (primary N) is 1. The average molecular weight is 247 g/mol. The van der Waals surface area contributed by atoms with Crippen molar-refractivity contribution in [3.63, 3.8) is 0 Å². The third kappa shape index (κ3) is 3.12. The molecule has 2 atom stereocenters. The zero-order valence-corrected chi connectivity index (χ0v) is 11.8. The molecule has 0 aliphatic heterocycles. The van der Waals surface area contributed by atoms with Gasteiger partial charge in [-0.15, -0.1) is 0 Å². The van der Waals surface area contributed by atoms with Crippen molar-refractivity contribution < 1.29 is 4.74 Å². The normalized spacial score (nSPS) is 27.7. The van der Waals surface area contributed by atoms with Gasteiger partial charge in [-0.25, -0.2) is 0 Å². The van der Waals surface area contributed by atoms with Gasteiger partial charge in [0.25, 0.3) is 0 Å². The largest absolute Gasteiger partial charge is 0.369 e. The minimum atomic E-state index is -0.0724. The molecule has 1 aliphatic rings. The van der Waals surface area contributed by atoms with Crippen molar-refractivity contribution >= 4 is 0 Å². The standard InChI is InChI=1S/C16H25NO/c1-12-4-5-16(9-12,11-17)18-10-15-7-13(2)6-14(3)8-15/h6-8,12H,4-5,9-11,17H2,1-3H3. The molecule has 1 aliphatic carbocycles. The Morgan fingerprint density at radius 1 is 1.28 bits per heavy atom. The van der Waals surface area contributed by atoms with Crippen LogP contribution in [0.25, 0.3) is 0 Å². The fraction of sp³-hybridized carbons (Fsp3) is 0.625. The summed E-state index contributed by atoms with van der Waals surface area (Å²) in [4.78, 5) is 0. The quantitative estimate of drug-likeness (QED) is 0.885. The van der Waals surface area contributed by atoms with E-state index in [2.05, 4.69) is 39.0 Å². The summed E-state index contributed by atoms with van der Waals surface area (Å²) in [5.74, 6) is 0.743. The first-order valence-electron chi connectivity index (χ1n) is 6.94. The van der Waals surface area contributed by atoms with Crippen molar-refractivity contribution in [2.45, 2.75) is 52.2 Å². The first kappa shape index (κ1) is 13.6. The lowest BCUT2D eigenvalue weighted by atomic mass is 10.0. The molecule has 1 fully saturated rings. The van der Waals surface area contributed by atoms with Gasteiger partial charge in [0.1, 0.15) is 0 Å². The Kier molecular flexibility index (Phi) is 4.08. The molecule has 0 radical (unpaired) electrons. The molecule has 0 spiro atoms. The number of aryl methyl sites for hydroxylation is 2. The molecule has 0 heterocycles. The number of rotatable bonds is 4. The van der Waals surface area contributed by atoms with E-state index in [4.69, 9.17) is 10.5 Å². The summed E-state index contributed by atoms with van der Waals surface area (Å²) >= 11 is 0. The second kappa shape index (κ2) is 5.41. The third-order valence-electron chi connectivity index (χ3n) is 4.01. The van der Waals surface area contributed by atoms with E-state index in [1.807, 2.05) is 0 Å². The van der Waals surface area contributed by atoms with Crippen LogP contribution >= 0.6 is 0 Å². The van der Waals surface area contributed by atoms with Crippen LogP contribution in [-0.2, 0) is 11.3 Å². The van der Waals surface area contributed by atoms with Gasteiger partial charge in [-0.05, 0) is 44.6 Å². The average Bonchev–Trinajstić information content (AvgIpc) is 2.68. The van der Waals surface area contributed by atoms with Gasteiger partial charge in [0.2, 0.25) is 0 Å². The van der Waals surface area contributed by atoms with Gasteiger partial charge < -0.3 is 10.5 Å². The lowest BCUT2D eigenvalue weighted by Gasteiger charge is -2.28. The molecular formula is C16H25NO. The zero-order chi connectivity index (χ0) is 13.2. The van der Waals surface area contributed by atoms with Crippen LogP contribution in [0, 0.1) is 19.8 Å². The van der Waals surface area contributed by atoms with Crippen molar-refractivity contribution in [3.05, 3.63) is 34.9 Å². The fourth-order valence-electron chi connectivity index (χ4n) is 3.11. The van der Waals surface area contributed by atoms with Gasteiger partial charge in [0, 0.05) is 6.54 Å². The maximum absolute atomic E-state index is 6.18. The minimum absolute atomic E-state index is 0.0724. The highest BCUT2D eigenvalue weighted by atomic mass is 16.5. The van der Waals surface area contributed by atoms with Crippen LogP contribution in [0.3, 0.4) is 0 Å². The summed E-state index contributed by atoms with van der Waals surface area (Å²) in [6, 6.07) is 6.60. The molecule has 2 unspecified atom stereocenters. The van der Waals surface area contributed by atoms with Crippen LogP contribution in [0.2, 0.25) is 0 Å². The van der Waals surface area contributed by atoms with Gasteiger partial charge in [-0.3, -0.25) is 0 Å². The summed E-state index contributed by atoms with van der Waals surface area (Å²) in [6.07, 6.45) is 3.45. The maximum atomic E-state index is 6.18. The highest BCUT2D eigenvalue weighted by Crippen LogP contribution is 2.37. The summed E-state index contributed by atoms with van der Waals surface area (Å²) < 4.78 is 6.18. The van der Waals surface area contributed by atoms with E-state index >= 15 is 0 Å². The number of ether oxygens (including phenoxy) is 1. The lowest BCUT2D eigenvalue weighted by Crippen LogP contribution is -2.38. The molecule has 100 valence electrons. The monoisotopic (exact) mass is 247 g/mol. The lowest BCUT2D eigenvalue weighted by molar-refractivity contribution is -0.0471. The number of benzene rings is 1. The Hall–Kier alpha value is -0.860. The highest BCUT2D eigenvalue weighted by Gasteiger charge is 2.37. The Labute approximate surface area is 111 Å². The smallest absolute Gasteiger partial charge is 0.0811 e. The molecule has 0 amide bonds. The molecule has 0 aromatic heterocycles. The molecule has 2 heteroatoms. The van der Waals surface area contributed by atoms with Gasteiger partial charge >= 0.3 is 0 Å². The predicted octanol–water partition coefficient (Wildman–Crippen LogP) is 3.34. The minimum Gasteiger partial charge on any atom is -0.369 e. The third-order valence-corrected chi connectivity index (χ3v) is 4.01. The molecule has 2 N–H and O–H groups in total. The fourth-order valence-corrected chi connectivity index (χ4v) is 3.11. The molecule has 0 bridgehead atoms. The first-order chi connectivity index (χ1) is 8.53. The Balaban J connectivity index is 2.02. The molecule has 1 aromatic rings. The second-order valence-electron chi connectivity index (χ2n) is 6.02. The van der Waals surface area contributed by atoms with E-state index < -0.39 is 0 Å². The SMILES string of the molecule is Cc1cc(C)cc(COC2(CN)CCC(C)C2)c1. The zero-order valence-electron chi connectivity index (χ0n) is 11.8. The van der Waals surface area contributed by atoms with Gasteiger partial charge in [0.15, 0.2) is 0 Å². The van der Waals surface area contributed by atoms with E-state index in [0.717, 1.165) is 18.8 Å². The summed E-state index contributed by atoms with van der Waals surface area (Å²) in [5.41, 5.74) is 9.72. The Morgan fingerprint density at radius 3 is 2.44 bits per heavy atom. The van der Waals surface area contributed by atoms with E-state index in [-0.39, 0.29) is 5.60 Å². The Bertz CT molecular complexity index is 395.